The number of aromatic carboxylic acids is 2. The van der Waals surface area contributed by atoms with Crippen LogP contribution in [0.1, 0.15) is 59.0 Å². The number of nitrogens with zero attached hydrogens (tertiary/aromatic N) is 3. The maximum Gasteiger partial charge on any atom is 2.00 e. The maximum absolute atomic E-state index is 10.2. The Labute approximate surface area is 211 Å². The van der Waals surface area contributed by atoms with Crippen LogP contribution < -0.4 is 10.2 Å². The third kappa shape index (κ3) is 12.4. The van der Waals surface area contributed by atoms with Crippen LogP contribution in [0.5, 0.6) is 0 Å². The Balaban J connectivity index is 0.000000437. The van der Waals surface area contributed by atoms with E-state index in [0.29, 0.717) is 0 Å². The molecule has 0 saturated carbocycles. The molecule has 34 heavy (non-hydrogen) atoms. The molecule has 1 aromatic carbocycles. The average molecular weight is 518 g/mol. The summed E-state index contributed by atoms with van der Waals surface area (Å²) in [7, 11) is 0. The molecule has 0 amide bonds. The van der Waals surface area contributed by atoms with Gasteiger partial charge in [-0.3, -0.25) is 0 Å². The van der Waals surface area contributed by atoms with E-state index in [4.69, 9.17) is 0 Å². The minimum atomic E-state index is -1.33. The Kier molecular flexibility index (Phi) is 16.0. The van der Waals surface area contributed by atoms with Crippen molar-refractivity contribution >= 4 is 11.9 Å². The number of rotatable bonds is 5. The molecule has 3 N–H and O–H groups in total. The molecule has 0 bridgehead atoms. The fourth-order valence-corrected chi connectivity index (χ4v) is 2.22. The zero-order valence-corrected chi connectivity index (χ0v) is 22.5. The summed E-state index contributed by atoms with van der Waals surface area (Å²) >= 11 is 0. The zero-order chi connectivity index (χ0) is 24.5. The number of aromatic nitrogens is 6. The molecule has 10 nitrogen and oxygen atoms in total. The number of aryl methyl sites for hydroxylation is 3. The average Bonchev–Trinajstić information content (AvgIpc) is 3.63. The fraction of sp³-hybridized carbons (Fsp3) is 0.261. The van der Waals surface area contributed by atoms with Crippen LogP contribution in [0.25, 0.3) is 0 Å². The van der Waals surface area contributed by atoms with E-state index in [2.05, 4.69) is 50.7 Å². The predicted molar refractivity (Wildman–Crippen MR) is 119 cm³/mol. The smallest absolute Gasteiger partial charge is 0.545 e. The number of aromatic amines is 3. The van der Waals surface area contributed by atoms with Crippen LogP contribution in [0.4, 0.5) is 0 Å². The van der Waals surface area contributed by atoms with Gasteiger partial charge in [0.05, 0.1) is 11.9 Å². The molecule has 0 atom stereocenters. The summed E-state index contributed by atoms with van der Waals surface area (Å²) in [6, 6.07) is 4.61. The first kappa shape index (κ1) is 30.4. The molecule has 0 aliphatic carbocycles. The number of carbonyl (C=O) groups excluding carboxylic acids is 2. The molecule has 0 aliphatic rings. The number of benzene rings is 1. The summed E-state index contributed by atoms with van der Waals surface area (Å²) in [4.78, 5) is 41.3. The van der Waals surface area contributed by atoms with Crippen molar-refractivity contribution in [1.29, 1.82) is 0 Å². The van der Waals surface area contributed by atoms with E-state index in [1.54, 1.807) is 18.6 Å². The summed E-state index contributed by atoms with van der Waals surface area (Å²) in [6.45, 7) is 6.20. The number of imidazole rings is 3. The van der Waals surface area contributed by atoms with Crippen LogP contribution in [0.2, 0.25) is 0 Å². The van der Waals surface area contributed by atoms with Gasteiger partial charge in [-0.05, 0) is 11.1 Å². The number of hydrogen-bond acceptors (Lipinski definition) is 7. The van der Waals surface area contributed by atoms with Crippen LogP contribution >= 0.6 is 0 Å². The predicted octanol–water partition coefficient (Wildman–Crippen LogP) is 1.33. The minimum Gasteiger partial charge on any atom is -0.545 e. The summed E-state index contributed by atoms with van der Waals surface area (Å²) < 4.78 is 0. The van der Waals surface area contributed by atoms with Crippen LogP contribution in [0.3, 0.4) is 0 Å². The molecule has 3 aromatic heterocycles. The normalized spacial score (nSPS) is 9.03. The molecule has 11 heteroatoms. The Morgan fingerprint density at radius 3 is 1.03 bits per heavy atom. The summed E-state index contributed by atoms with van der Waals surface area (Å²) in [5, 5.41) is 20.4. The van der Waals surface area contributed by atoms with E-state index < -0.39 is 11.9 Å². The standard InChI is InChI=1S/C8H6O4.3C5H8N2.Zn/c9-7(10)5-1-2-6(4-3-5)8(11)12;3*1-2-5-6-3-4-7-5;/h1-4H,(H,9,10)(H,11,12);3*3-4H,2H2,1H3,(H,6,7);/q;;;;+2/p-2. The number of H-pyrrole nitrogens is 3. The van der Waals surface area contributed by atoms with Crippen LogP contribution in [-0.2, 0) is 38.7 Å². The molecule has 0 fully saturated rings. The van der Waals surface area contributed by atoms with Crippen molar-refractivity contribution in [2.75, 3.05) is 0 Å². The van der Waals surface area contributed by atoms with Gasteiger partial charge in [0.1, 0.15) is 17.5 Å². The van der Waals surface area contributed by atoms with E-state index >= 15 is 0 Å². The van der Waals surface area contributed by atoms with Crippen LogP contribution in [0.15, 0.2) is 61.4 Å². The minimum absolute atomic E-state index is 0. The third-order valence-electron chi connectivity index (χ3n) is 4.03. The molecule has 0 aliphatic heterocycles. The van der Waals surface area contributed by atoms with E-state index in [-0.39, 0.29) is 30.6 Å². The largest absolute Gasteiger partial charge is 2.00 e. The number of hydrogen-bond donors (Lipinski definition) is 3. The number of nitrogens with one attached hydrogen (secondary N) is 3. The second-order valence-electron chi connectivity index (χ2n) is 6.32. The van der Waals surface area contributed by atoms with Crippen molar-refractivity contribution in [2.45, 2.75) is 40.0 Å². The molecule has 0 radical (unpaired) electrons. The molecule has 0 spiro atoms. The fourth-order valence-electron chi connectivity index (χ4n) is 2.22. The van der Waals surface area contributed by atoms with Gasteiger partial charge in [0.25, 0.3) is 0 Å². The van der Waals surface area contributed by atoms with Crippen LogP contribution in [0, 0.1) is 0 Å². The summed E-state index contributed by atoms with van der Waals surface area (Å²) in [6.07, 6.45) is 13.8. The van der Waals surface area contributed by atoms with Gasteiger partial charge >= 0.3 is 19.5 Å². The molecule has 4 rings (SSSR count). The Morgan fingerprint density at radius 1 is 0.647 bits per heavy atom. The van der Waals surface area contributed by atoms with Crippen molar-refractivity contribution in [1.82, 2.24) is 29.9 Å². The summed E-state index contributed by atoms with van der Waals surface area (Å²) in [5.74, 6) is 0.500. The van der Waals surface area contributed by atoms with Gasteiger partial charge in [-0.2, -0.15) is 0 Å². The number of carboxylic acids is 2. The quantitative estimate of drug-likeness (QED) is 0.336. The Hall–Kier alpha value is -3.59. The summed E-state index contributed by atoms with van der Waals surface area (Å²) in [5.41, 5.74) is -0.111. The van der Waals surface area contributed by atoms with Gasteiger partial charge in [0.15, 0.2) is 0 Å². The maximum atomic E-state index is 10.2. The first-order chi connectivity index (χ1) is 15.9. The van der Waals surface area contributed by atoms with Crippen molar-refractivity contribution < 1.29 is 39.3 Å². The van der Waals surface area contributed by atoms with Crippen molar-refractivity contribution in [3.8, 4) is 0 Å². The van der Waals surface area contributed by atoms with E-state index in [9.17, 15) is 19.8 Å². The van der Waals surface area contributed by atoms with Crippen molar-refractivity contribution in [2.24, 2.45) is 0 Å². The third-order valence-corrected chi connectivity index (χ3v) is 4.03. The number of carbonyl (C=O) groups is 2. The Morgan fingerprint density at radius 2 is 0.912 bits per heavy atom. The first-order valence-corrected chi connectivity index (χ1v) is 10.4. The van der Waals surface area contributed by atoms with Gasteiger partial charge in [0, 0.05) is 56.4 Å². The monoisotopic (exact) mass is 516 g/mol. The zero-order valence-electron chi connectivity index (χ0n) is 19.6. The number of carboxylic acid groups (broad SMARTS) is 2. The molecular formula is C23H28N6O4Zn. The molecule has 4 aromatic rings. The second-order valence-corrected chi connectivity index (χ2v) is 6.32. The topological polar surface area (TPSA) is 166 Å². The van der Waals surface area contributed by atoms with Gasteiger partial charge in [-0.25, -0.2) is 15.0 Å². The van der Waals surface area contributed by atoms with Crippen molar-refractivity contribution in [3.63, 3.8) is 0 Å². The van der Waals surface area contributed by atoms with Gasteiger partial charge in [0.2, 0.25) is 0 Å². The SMILES string of the molecule is CCc1ncc[nH]1.CCc1ncc[nH]1.CCc1ncc[nH]1.O=C([O-])c1ccc(C(=O)[O-])cc1.[Zn+2]. The van der Waals surface area contributed by atoms with E-state index in [1.165, 1.54) is 0 Å². The first-order valence-electron chi connectivity index (χ1n) is 10.4. The van der Waals surface area contributed by atoms with Gasteiger partial charge in [-0.15, -0.1) is 0 Å². The van der Waals surface area contributed by atoms with E-state index in [0.717, 1.165) is 61.0 Å². The molecular weight excluding hydrogens is 490 g/mol. The second kappa shape index (κ2) is 17.9. The van der Waals surface area contributed by atoms with Crippen LogP contribution in [-0.4, -0.2) is 41.8 Å². The van der Waals surface area contributed by atoms with E-state index in [1.807, 2.05) is 18.6 Å². The van der Waals surface area contributed by atoms with Gasteiger partial charge < -0.3 is 34.8 Å². The molecule has 0 saturated heterocycles. The molecule has 0 unspecified atom stereocenters. The molecule has 3 heterocycles. The van der Waals surface area contributed by atoms with Gasteiger partial charge in [-0.1, -0.05) is 45.0 Å². The molecule has 176 valence electrons. The van der Waals surface area contributed by atoms with Crippen molar-refractivity contribution in [3.05, 3.63) is 90.0 Å². The Bertz CT molecular complexity index is 904.